The van der Waals surface area contributed by atoms with Crippen molar-refractivity contribution in [3.63, 3.8) is 0 Å². The summed E-state index contributed by atoms with van der Waals surface area (Å²) in [6, 6.07) is 7.92. The van der Waals surface area contributed by atoms with Crippen molar-refractivity contribution in [2.24, 2.45) is 5.92 Å². The molecule has 1 atom stereocenters. The van der Waals surface area contributed by atoms with Gasteiger partial charge in [0.2, 0.25) is 0 Å². The number of benzene rings is 1. The molecule has 0 spiro atoms. The van der Waals surface area contributed by atoms with E-state index in [2.05, 4.69) is 23.3 Å². The van der Waals surface area contributed by atoms with E-state index in [9.17, 15) is 5.11 Å². The summed E-state index contributed by atoms with van der Waals surface area (Å²) in [7, 11) is 1.66. The summed E-state index contributed by atoms with van der Waals surface area (Å²) in [6.45, 7) is 7.44. The van der Waals surface area contributed by atoms with Gasteiger partial charge in [-0.3, -0.25) is 9.47 Å². The number of nitrogens with zero attached hydrogens (tertiary/aromatic N) is 4. The van der Waals surface area contributed by atoms with Crippen LogP contribution in [0.2, 0.25) is 0 Å². The lowest BCUT2D eigenvalue weighted by molar-refractivity contribution is 0.0512. The fraction of sp³-hybridized carbons (Fsp3) is 0.579. The third-order valence-electron chi connectivity index (χ3n) is 4.63. The van der Waals surface area contributed by atoms with Gasteiger partial charge in [0.1, 0.15) is 5.75 Å². The molecule has 0 radical (unpaired) electrons. The zero-order valence-electron chi connectivity index (χ0n) is 15.8. The van der Waals surface area contributed by atoms with E-state index in [0.717, 1.165) is 47.8 Å². The van der Waals surface area contributed by atoms with Gasteiger partial charge in [-0.15, -0.1) is 0 Å². The number of ether oxygens (including phenoxy) is 1. The van der Waals surface area contributed by atoms with Crippen LogP contribution in [0.5, 0.6) is 5.75 Å². The molecule has 26 heavy (non-hydrogen) atoms. The number of β-amino-alcohol motifs (C(OH)–C–C–N with tert-alkyl or cyclic N) is 1. The summed E-state index contributed by atoms with van der Waals surface area (Å²) in [5, 5.41) is 14.7. The van der Waals surface area contributed by atoms with Crippen LogP contribution in [0.25, 0.3) is 11.4 Å². The van der Waals surface area contributed by atoms with Crippen LogP contribution in [0.4, 0.5) is 0 Å². The van der Waals surface area contributed by atoms with Gasteiger partial charge in [-0.25, -0.2) is 4.68 Å². The molecule has 0 amide bonds. The average Bonchev–Trinajstić information content (AvgIpc) is 2.91. The standard InChI is InChI=1S/C19H28N4O2S/c1-14(2)11-22-18(15-6-8-17(25-3)9-7-15)20-23(19(22)26)13-21-10-4-5-16(24)12-21/h6-9,14,16,24H,4-5,10-13H2,1-3H3/t16-/m0/s1. The van der Waals surface area contributed by atoms with Crippen LogP contribution in [-0.2, 0) is 13.2 Å². The van der Waals surface area contributed by atoms with Crippen molar-refractivity contribution in [1.29, 1.82) is 0 Å². The monoisotopic (exact) mass is 376 g/mol. The van der Waals surface area contributed by atoms with Crippen molar-refractivity contribution >= 4 is 12.2 Å². The molecule has 1 aliphatic heterocycles. The van der Waals surface area contributed by atoms with Gasteiger partial charge in [-0.2, -0.15) is 5.10 Å². The highest BCUT2D eigenvalue weighted by Crippen LogP contribution is 2.23. The van der Waals surface area contributed by atoms with Crippen molar-refractivity contribution in [2.75, 3.05) is 20.2 Å². The summed E-state index contributed by atoms with van der Waals surface area (Å²) in [4.78, 5) is 2.22. The third kappa shape index (κ3) is 4.34. The SMILES string of the molecule is COc1ccc(-c2nn(CN3CCC[C@H](O)C3)c(=S)n2CC(C)C)cc1. The lowest BCUT2D eigenvalue weighted by Crippen LogP contribution is -2.39. The van der Waals surface area contributed by atoms with Gasteiger partial charge >= 0.3 is 0 Å². The summed E-state index contributed by atoms with van der Waals surface area (Å²) in [5.74, 6) is 2.17. The Morgan fingerprint density at radius 3 is 2.65 bits per heavy atom. The molecule has 2 aromatic rings. The number of rotatable bonds is 6. The van der Waals surface area contributed by atoms with Crippen molar-refractivity contribution in [2.45, 2.75) is 46.0 Å². The molecule has 142 valence electrons. The molecular formula is C19H28N4O2S. The number of hydrogen-bond donors (Lipinski definition) is 1. The van der Waals surface area contributed by atoms with Crippen molar-refractivity contribution in [3.05, 3.63) is 29.0 Å². The van der Waals surface area contributed by atoms with Crippen LogP contribution in [0, 0.1) is 10.7 Å². The molecule has 7 heteroatoms. The first-order chi connectivity index (χ1) is 12.5. The zero-order valence-corrected chi connectivity index (χ0v) is 16.6. The molecule has 1 aromatic heterocycles. The molecule has 3 rings (SSSR count). The molecule has 0 bridgehead atoms. The smallest absolute Gasteiger partial charge is 0.199 e. The second-order valence-electron chi connectivity index (χ2n) is 7.35. The zero-order chi connectivity index (χ0) is 18.7. The minimum atomic E-state index is -0.253. The predicted octanol–water partition coefficient (Wildman–Crippen LogP) is 3.16. The van der Waals surface area contributed by atoms with Gasteiger partial charge in [0, 0.05) is 25.2 Å². The molecule has 0 unspecified atom stereocenters. The summed E-state index contributed by atoms with van der Waals surface area (Å²) < 4.78 is 9.98. The molecule has 2 heterocycles. The Balaban J connectivity index is 1.93. The maximum Gasteiger partial charge on any atom is 0.199 e. The first-order valence-electron chi connectivity index (χ1n) is 9.20. The highest BCUT2D eigenvalue weighted by atomic mass is 32.1. The first-order valence-corrected chi connectivity index (χ1v) is 9.61. The van der Waals surface area contributed by atoms with E-state index >= 15 is 0 Å². The minimum Gasteiger partial charge on any atom is -0.497 e. The van der Waals surface area contributed by atoms with Gasteiger partial charge in [0.05, 0.1) is 19.9 Å². The second-order valence-corrected chi connectivity index (χ2v) is 7.72. The lowest BCUT2D eigenvalue weighted by atomic mass is 10.1. The summed E-state index contributed by atoms with van der Waals surface area (Å²) >= 11 is 5.73. The second kappa shape index (κ2) is 8.33. The Kier molecular flexibility index (Phi) is 6.11. The number of hydrogen-bond acceptors (Lipinski definition) is 5. The van der Waals surface area contributed by atoms with Gasteiger partial charge in [0.25, 0.3) is 0 Å². The third-order valence-corrected chi connectivity index (χ3v) is 5.06. The summed E-state index contributed by atoms with van der Waals surface area (Å²) in [5.41, 5.74) is 1.02. The van der Waals surface area contributed by atoms with Crippen molar-refractivity contribution in [3.8, 4) is 17.1 Å². The minimum absolute atomic E-state index is 0.253. The first kappa shape index (κ1) is 19.1. The Morgan fingerprint density at radius 2 is 2.04 bits per heavy atom. The van der Waals surface area contributed by atoms with Crippen LogP contribution < -0.4 is 4.74 Å². The molecular weight excluding hydrogens is 348 g/mol. The normalized spacial score (nSPS) is 18.4. The van der Waals surface area contributed by atoms with E-state index in [0.29, 0.717) is 19.1 Å². The number of aliphatic hydroxyl groups excluding tert-OH is 1. The predicted molar refractivity (Wildman–Crippen MR) is 105 cm³/mol. The maximum absolute atomic E-state index is 9.92. The number of piperidine rings is 1. The highest BCUT2D eigenvalue weighted by Gasteiger charge is 2.20. The number of aromatic nitrogens is 3. The Morgan fingerprint density at radius 1 is 1.31 bits per heavy atom. The van der Waals surface area contributed by atoms with Crippen LogP contribution in [0.15, 0.2) is 24.3 Å². The molecule has 0 aliphatic carbocycles. The topological polar surface area (TPSA) is 55.4 Å². The molecule has 1 N–H and O–H groups in total. The number of aliphatic hydroxyl groups is 1. The molecule has 1 aliphatic rings. The van der Waals surface area contributed by atoms with Crippen LogP contribution in [-0.4, -0.2) is 50.7 Å². The van der Waals surface area contributed by atoms with E-state index in [1.807, 2.05) is 28.9 Å². The largest absolute Gasteiger partial charge is 0.497 e. The van der Waals surface area contributed by atoms with Gasteiger partial charge in [-0.1, -0.05) is 13.8 Å². The van der Waals surface area contributed by atoms with E-state index in [4.69, 9.17) is 22.1 Å². The molecule has 1 aromatic carbocycles. The van der Waals surface area contributed by atoms with Crippen LogP contribution in [0.1, 0.15) is 26.7 Å². The fourth-order valence-electron chi connectivity index (χ4n) is 3.37. The van der Waals surface area contributed by atoms with Gasteiger partial charge < -0.3 is 9.84 Å². The van der Waals surface area contributed by atoms with Crippen molar-refractivity contribution in [1.82, 2.24) is 19.2 Å². The molecule has 0 saturated carbocycles. The Labute approximate surface area is 160 Å². The number of likely N-dealkylation sites (tertiary alicyclic amines) is 1. The fourth-order valence-corrected chi connectivity index (χ4v) is 3.63. The molecule has 1 saturated heterocycles. The quantitative estimate of drug-likeness (QED) is 0.785. The van der Waals surface area contributed by atoms with Crippen LogP contribution >= 0.6 is 12.2 Å². The number of methoxy groups -OCH3 is 1. The highest BCUT2D eigenvalue weighted by molar-refractivity contribution is 7.71. The molecule has 6 nitrogen and oxygen atoms in total. The van der Waals surface area contributed by atoms with Gasteiger partial charge in [-0.05, 0) is 55.2 Å². The van der Waals surface area contributed by atoms with E-state index in [1.165, 1.54) is 0 Å². The van der Waals surface area contributed by atoms with E-state index in [-0.39, 0.29) is 6.10 Å². The van der Waals surface area contributed by atoms with E-state index in [1.54, 1.807) is 7.11 Å². The summed E-state index contributed by atoms with van der Waals surface area (Å²) in [6.07, 6.45) is 1.63. The maximum atomic E-state index is 9.92. The van der Waals surface area contributed by atoms with E-state index < -0.39 is 0 Å². The van der Waals surface area contributed by atoms with Crippen LogP contribution in [0.3, 0.4) is 0 Å². The van der Waals surface area contributed by atoms with Gasteiger partial charge in [0.15, 0.2) is 10.6 Å². The lowest BCUT2D eigenvalue weighted by Gasteiger charge is -2.29. The average molecular weight is 377 g/mol. The Bertz CT molecular complexity index is 782. The Hall–Kier alpha value is -1.70. The molecule has 1 fully saturated rings. The van der Waals surface area contributed by atoms with Crippen molar-refractivity contribution < 1.29 is 9.84 Å².